The number of ketones is 1. The number of H-pyrrole nitrogens is 1. The number of amides is 2. The zero-order valence-electron chi connectivity index (χ0n) is 20.0. The quantitative estimate of drug-likeness (QED) is 0.322. The van der Waals surface area contributed by atoms with Gasteiger partial charge in [0, 0.05) is 54.6 Å². The molecule has 3 heterocycles. The molecular formula is C28H24N4O5. The molecule has 9 heteroatoms. The van der Waals surface area contributed by atoms with Crippen LogP contribution in [0, 0.1) is 0 Å². The first-order valence-electron chi connectivity index (χ1n) is 11.8. The number of nitrogens with one attached hydrogen (secondary N) is 1. The Bertz CT molecular complexity index is 1510. The monoisotopic (exact) mass is 496 g/mol. The van der Waals surface area contributed by atoms with Gasteiger partial charge in [0.15, 0.2) is 0 Å². The Morgan fingerprint density at radius 3 is 2.35 bits per heavy atom. The first-order chi connectivity index (χ1) is 17.8. The van der Waals surface area contributed by atoms with Crippen molar-refractivity contribution in [3.05, 3.63) is 89.7 Å². The molecule has 0 aliphatic carbocycles. The molecule has 2 aromatic heterocycles. The minimum absolute atomic E-state index is 0.0982. The minimum Gasteiger partial charge on any atom is -0.478 e. The summed E-state index contributed by atoms with van der Waals surface area (Å²) in [5.74, 6) is -2.38. The molecule has 0 spiro atoms. The van der Waals surface area contributed by atoms with Gasteiger partial charge in [-0.1, -0.05) is 30.3 Å². The largest absolute Gasteiger partial charge is 0.478 e. The number of aromatic nitrogens is 2. The summed E-state index contributed by atoms with van der Waals surface area (Å²) in [6.07, 6.45) is 3.05. The highest BCUT2D eigenvalue weighted by molar-refractivity contribution is 6.45. The van der Waals surface area contributed by atoms with E-state index in [1.165, 1.54) is 23.2 Å². The lowest BCUT2D eigenvalue weighted by molar-refractivity contribution is -0.130. The third-order valence-corrected chi connectivity index (χ3v) is 6.64. The summed E-state index contributed by atoms with van der Waals surface area (Å²) in [7, 11) is 0. The van der Waals surface area contributed by atoms with Crippen LogP contribution in [0.1, 0.15) is 38.0 Å². The lowest BCUT2D eigenvalue weighted by Crippen LogP contribution is -2.56. The zero-order valence-corrected chi connectivity index (χ0v) is 20.0. The van der Waals surface area contributed by atoms with E-state index < -0.39 is 17.7 Å². The number of hydrogen-bond donors (Lipinski definition) is 2. The Morgan fingerprint density at radius 2 is 1.68 bits per heavy atom. The number of carbonyl (C=O) groups is 4. The first kappa shape index (κ1) is 23.9. The van der Waals surface area contributed by atoms with Crippen LogP contribution in [0.25, 0.3) is 22.2 Å². The molecule has 4 aromatic rings. The van der Waals surface area contributed by atoms with E-state index in [1.54, 1.807) is 41.4 Å². The summed E-state index contributed by atoms with van der Waals surface area (Å²) in [5, 5.41) is 9.69. The Balaban J connectivity index is 1.35. The van der Waals surface area contributed by atoms with Crippen LogP contribution >= 0.6 is 0 Å². The van der Waals surface area contributed by atoms with Crippen LogP contribution in [0.5, 0.6) is 0 Å². The maximum absolute atomic E-state index is 13.3. The number of hydrogen-bond acceptors (Lipinski definition) is 5. The number of rotatable bonds is 5. The number of piperazine rings is 1. The highest BCUT2D eigenvalue weighted by atomic mass is 16.4. The SMILES string of the molecule is CC1CN(C(=O)c2ccccc2)CCN1C(=O)C(=O)c1c[nH]c2c(-c3ccc(C(=O)O)cc3)nccc12. The molecule has 5 rings (SSSR count). The van der Waals surface area contributed by atoms with Gasteiger partial charge in [0.05, 0.1) is 22.3 Å². The molecule has 2 amide bonds. The summed E-state index contributed by atoms with van der Waals surface area (Å²) in [5.41, 5.74) is 2.78. The number of carbonyl (C=O) groups excluding carboxylic acids is 3. The summed E-state index contributed by atoms with van der Waals surface area (Å²) < 4.78 is 0. The van der Waals surface area contributed by atoms with Crippen LogP contribution in [-0.4, -0.2) is 74.1 Å². The number of fused-ring (bicyclic) bond motifs is 1. The Labute approximate surface area is 212 Å². The van der Waals surface area contributed by atoms with Crippen molar-refractivity contribution < 1.29 is 24.3 Å². The molecular weight excluding hydrogens is 472 g/mol. The number of aromatic amines is 1. The highest BCUT2D eigenvalue weighted by Gasteiger charge is 2.34. The number of pyridine rings is 1. The van der Waals surface area contributed by atoms with Crippen molar-refractivity contribution in [2.24, 2.45) is 0 Å². The van der Waals surface area contributed by atoms with Crippen molar-refractivity contribution in [2.45, 2.75) is 13.0 Å². The average Bonchev–Trinajstić information content (AvgIpc) is 3.36. The number of nitrogens with zero attached hydrogens (tertiary/aromatic N) is 3. The van der Waals surface area contributed by atoms with Crippen molar-refractivity contribution >= 4 is 34.5 Å². The minimum atomic E-state index is -1.02. The van der Waals surface area contributed by atoms with Crippen molar-refractivity contribution in [2.75, 3.05) is 19.6 Å². The zero-order chi connectivity index (χ0) is 26.1. The Morgan fingerprint density at radius 1 is 0.946 bits per heavy atom. The molecule has 1 saturated heterocycles. The number of aromatic carboxylic acids is 1. The fourth-order valence-corrected chi connectivity index (χ4v) is 4.68. The molecule has 9 nitrogen and oxygen atoms in total. The van der Waals surface area contributed by atoms with Gasteiger partial charge in [-0.15, -0.1) is 0 Å². The van der Waals surface area contributed by atoms with E-state index in [1.807, 2.05) is 25.1 Å². The van der Waals surface area contributed by atoms with Crippen LogP contribution in [0.4, 0.5) is 0 Å². The Hall–Kier alpha value is -4.79. The predicted octanol–water partition coefficient (Wildman–Crippen LogP) is 3.48. The molecule has 2 N–H and O–H groups in total. The molecule has 1 aliphatic rings. The predicted molar refractivity (Wildman–Crippen MR) is 136 cm³/mol. The van der Waals surface area contributed by atoms with Crippen LogP contribution < -0.4 is 0 Å². The van der Waals surface area contributed by atoms with Crippen molar-refractivity contribution in [3.63, 3.8) is 0 Å². The van der Waals surface area contributed by atoms with Gasteiger partial charge in [-0.2, -0.15) is 0 Å². The van der Waals surface area contributed by atoms with Crippen LogP contribution in [-0.2, 0) is 4.79 Å². The number of benzene rings is 2. The van der Waals surface area contributed by atoms with E-state index in [-0.39, 0.29) is 29.6 Å². The molecule has 0 radical (unpaired) electrons. The number of carboxylic acid groups (broad SMARTS) is 1. The van der Waals surface area contributed by atoms with Crippen LogP contribution in [0.15, 0.2) is 73.1 Å². The second-order valence-electron chi connectivity index (χ2n) is 8.96. The van der Waals surface area contributed by atoms with Crippen molar-refractivity contribution in [1.29, 1.82) is 0 Å². The lowest BCUT2D eigenvalue weighted by atomic mass is 10.0. The molecule has 1 aliphatic heterocycles. The molecule has 186 valence electrons. The van der Waals surface area contributed by atoms with E-state index in [4.69, 9.17) is 5.11 Å². The summed E-state index contributed by atoms with van der Waals surface area (Å²) in [4.78, 5) is 61.2. The second-order valence-corrected chi connectivity index (χ2v) is 8.96. The number of Topliss-reactive ketones (excluding diaryl/α,β-unsaturated/α-hetero) is 1. The summed E-state index contributed by atoms with van der Waals surface area (Å²) in [6, 6.07) is 16.6. The van der Waals surface area contributed by atoms with Crippen LogP contribution in [0.2, 0.25) is 0 Å². The lowest BCUT2D eigenvalue weighted by Gasteiger charge is -2.39. The summed E-state index contributed by atoms with van der Waals surface area (Å²) in [6.45, 7) is 2.76. The van der Waals surface area contributed by atoms with Gasteiger partial charge in [0.25, 0.3) is 17.6 Å². The van der Waals surface area contributed by atoms with E-state index in [2.05, 4.69) is 9.97 Å². The smallest absolute Gasteiger partial charge is 0.335 e. The normalized spacial score (nSPS) is 15.5. The first-order valence-corrected chi connectivity index (χ1v) is 11.8. The van der Waals surface area contributed by atoms with E-state index in [9.17, 15) is 19.2 Å². The van der Waals surface area contributed by atoms with E-state index >= 15 is 0 Å². The average molecular weight is 497 g/mol. The fraction of sp³-hybridized carbons (Fsp3) is 0.179. The van der Waals surface area contributed by atoms with Gasteiger partial charge in [-0.05, 0) is 37.3 Å². The third-order valence-electron chi connectivity index (χ3n) is 6.64. The molecule has 2 aromatic carbocycles. The molecule has 0 saturated carbocycles. The molecule has 1 atom stereocenters. The third kappa shape index (κ3) is 4.47. The fourth-order valence-electron chi connectivity index (χ4n) is 4.68. The molecule has 1 unspecified atom stereocenters. The van der Waals surface area contributed by atoms with Gasteiger partial charge in [-0.3, -0.25) is 19.4 Å². The van der Waals surface area contributed by atoms with Gasteiger partial charge in [0.1, 0.15) is 0 Å². The van der Waals surface area contributed by atoms with Crippen molar-refractivity contribution in [1.82, 2.24) is 19.8 Å². The summed E-state index contributed by atoms with van der Waals surface area (Å²) >= 11 is 0. The van der Waals surface area contributed by atoms with E-state index in [0.29, 0.717) is 40.8 Å². The second kappa shape index (κ2) is 9.69. The maximum Gasteiger partial charge on any atom is 0.335 e. The van der Waals surface area contributed by atoms with Crippen molar-refractivity contribution in [3.8, 4) is 11.3 Å². The van der Waals surface area contributed by atoms with Gasteiger partial charge < -0.3 is 19.9 Å². The number of carboxylic acids is 1. The van der Waals surface area contributed by atoms with E-state index in [0.717, 1.165) is 0 Å². The molecule has 0 bridgehead atoms. The topological polar surface area (TPSA) is 124 Å². The van der Waals surface area contributed by atoms with Gasteiger partial charge in [-0.25, -0.2) is 4.79 Å². The standard InChI is InChI=1S/C28H24N4O5/c1-17-16-31(26(34)19-5-3-2-4-6-19)13-14-32(17)27(35)25(33)22-15-30-24-21(22)11-12-29-23(24)18-7-9-20(10-8-18)28(36)37/h2-12,15,17,30H,13-14,16H2,1H3,(H,36,37). The van der Waals surface area contributed by atoms with Gasteiger partial charge in [0.2, 0.25) is 0 Å². The van der Waals surface area contributed by atoms with Gasteiger partial charge >= 0.3 is 5.97 Å². The van der Waals surface area contributed by atoms with Crippen LogP contribution in [0.3, 0.4) is 0 Å². The highest BCUT2D eigenvalue weighted by Crippen LogP contribution is 2.29. The maximum atomic E-state index is 13.3. The molecule has 37 heavy (non-hydrogen) atoms. The Kier molecular flexibility index (Phi) is 6.27. The molecule has 1 fully saturated rings.